The molecule has 106 valence electrons. The summed E-state index contributed by atoms with van der Waals surface area (Å²) in [5.74, 6) is 1.71. The summed E-state index contributed by atoms with van der Waals surface area (Å²) in [5, 5.41) is 5.50. The van der Waals surface area contributed by atoms with E-state index in [4.69, 9.17) is 4.74 Å². The third-order valence-corrected chi connectivity index (χ3v) is 3.58. The molecule has 0 radical (unpaired) electrons. The molecule has 3 aromatic rings. The number of fused-ring (bicyclic) bond motifs is 1. The van der Waals surface area contributed by atoms with E-state index in [1.165, 1.54) is 11.1 Å². The molecule has 0 fully saturated rings. The Bertz CT molecular complexity index is 771. The lowest BCUT2D eigenvalue weighted by Crippen LogP contribution is -2.04. The highest BCUT2D eigenvalue weighted by Crippen LogP contribution is 2.29. The molecule has 4 heteroatoms. The molecule has 0 saturated heterocycles. The van der Waals surface area contributed by atoms with Gasteiger partial charge in [0.05, 0.1) is 7.11 Å². The third kappa shape index (κ3) is 2.65. The molecule has 0 unspecified atom stereocenters. The van der Waals surface area contributed by atoms with Crippen molar-refractivity contribution in [2.24, 2.45) is 0 Å². The van der Waals surface area contributed by atoms with Crippen molar-refractivity contribution in [1.82, 2.24) is 9.97 Å². The van der Waals surface area contributed by atoms with Crippen molar-refractivity contribution in [1.29, 1.82) is 0 Å². The molecule has 0 atom stereocenters. The molecule has 0 aliphatic carbocycles. The number of pyridine rings is 2. The predicted molar refractivity (Wildman–Crippen MR) is 84.6 cm³/mol. The zero-order valence-corrected chi connectivity index (χ0v) is 12.1. The topological polar surface area (TPSA) is 47.0 Å². The fraction of sp³-hybridized carbons (Fsp3) is 0.176. The van der Waals surface area contributed by atoms with Gasteiger partial charge in [-0.05, 0) is 36.2 Å². The van der Waals surface area contributed by atoms with Crippen LogP contribution in [0.25, 0.3) is 10.8 Å². The summed E-state index contributed by atoms with van der Waals surface area (Å²) in [4.78, 5) is 8.61. The summed E-state index contributed by atoms with van der Waals surface area (Å²) < 4.78 is 5.40. The molecular formula is C17H17N3O. The zero-order chi connectivity index (χ0) is 14.7. The number of anilines is 1. The lowest BCUT2D eigenvalue weighted by Gasteiger charge is -2.11. The number of methoxy groups -OCH3 is 1. The SMILES string of the molecule is COc1cccc2c(NCc3cnccc3C)nccc12. The Balaban J connectivity index is 1.93. The van der Waals surface area contributed by atoms with Crippen LogP contribution in [0, 0.1) is 6.92 Å². The molecule has 1 aromatic carbocycles. The molecule has 0 spiro atoms. The molecule has 1 N–H and O–H groups in total. The smallest absolute Gasteiger partial charge is 0.134 e. The van der Waals surface area contributed by atoms with Gasteiger partial charge in [0.25, 0.3) is 0 Å². The number of ether oxygens (including phenoxy) is 1. The first-order chi connectivity index (χ1) is 10.3. The predicted octanol–water partition coefficient (Wildman–Crippen LogP) is 3.56. The molecule has 2 aromatic heterocycles. The van der Waals surface area contributed by atoms with E-state index in [0.29, 0.717) is 6.54 Å². The second-order valence-electron chi connectivity index (χ2n) is 4.87. The standard InChI is InChI=1S/C17H17N3O/c1-12-6-8-18-10-13(12)11-20-17-15-4-3-5-16(21-2)14(15)7-9-19-17/h3-10H,11H2,1-2H3,(H,19,20). The monoisotopic (exact) mass is 279 g/mol. The van der Waals surface area contributed by atoms with Gasteiger partial charge in [-0.3, -0.25) is 4.98 Å². The Morgan fingerprint density at radius 3 is 2.81 bits per heavy atom. The van der Waals surface area contributed by atoms with Crippen LogP contribution in [0.5, 0.6) is 5.75 Å². The molecule has 0 amide bonds. The first-order valence-electron chi connectivity index (χ1n) is 6.84. The van der Waals surface area contributed by atoms with E-state index >= 15 is 0 Å². The van der Waals surface area contributed by atoms with Gasteiger partial charge in [0, 0.05) is 35.9 Å². The Morgan fingerprint density at radius 1 is 1.10 bits per heavy atom. The van der Waals surface area contributed by atoms with Gasteiger partial charge < -0.3 is 10.1 Å². The normalized spacial score (nSPS) is 10.6. The molecule has 21 heavy (non-hydrogen) atoms. The van der Waals surface area contributed by atoms with Crippen molar-refractivity contribution in [3.05, 3.63) is 60.0 Å². The van der Waals surface area contributed by atoms with E-state index in [1.807, 2.05) is 36.5 Å². The van der Waals surface area contributed by atoms with E-state index in [-0.39, 0.29) is 0 Å². The summed E-state index contributed by atoms with van der Waals surface area (Å²) in [6, 6.07) is 9.95. The van der Waals surface area contributed by atoms with Gasteiger partial charge in [-0.25, -0.2) is 4.98 Å². The van der Waals surface area contributed by atoms with Crippen molar-refractivity contribution < 1.29 is 4.74 Å². The van der Waals surface area contributed by atoms with Crippen LogP contribution in [0.1, 0.15) is 11.1 Å². The van der Waals surface area contributed by atoms with Gasteiger partial charge in [-0.1, -0.05) is 12.1 Å². The van der Waals surface area contributed by atoms with Gasteiger partial charge in [0.1, 0.15) is 11.6 Å². The van der Waals surface area contributed by atoms with Gasteiger partial charge in [-0.15, -0.1) is 0 Å². The third-order valence-electron chi connectivity index (χ3n) is 3.58. The Morgan fingerprint density at radius 2 is 2.00 bits per heavy atom. The fourth-order valence-electron chi connectivity index (χ4n) is 2.36. The number of nitrogens with one attached hydrogen (secondary N) is 1. The average Bonchev–Trinajstić information content (AvgIpc) is 2.53. The van der Waals surface area contributed by atoms with Crippen molar-refractivity contribution in [2.75, 3.05) is 12.4 Å². The summed E-state index contributed by atoms with van der Waals surface area (Å²) in [6.45, 7) is 2.78. The minimum atomic E-state index is 0.697. The Hall–Kier alpha value is -2.62. The molecule has 0 aliphatic heterocycles. The lowest BCUT2D eigenvalue weighted by atomic mass is 10.1. The Labute approximate surface area is 123 Å². The van der Waals surface area contributed by atoms with E-state index in [9.17, 15) is 0 Å². The van der Waals surface area contributed by atoms with Crippen LogP contribution >= 0.6 is 0 Å². The summed E-state index contributed by atoms with van der Waals surface area (Å²) in [6.07, 6.45) is 5.48. The zero-order valence-electron chi connectivity index (χ0n) is 12.1. The van der Waals surface area contributed by atoms with Gasteiger partial charge in [0.15, 0.2) is 0 Å². The number of aryl methyl sites for hydroxylation is 1. The van der Waals surface area contributed by atoms with Crippen molar-refractivity contribution >= 4 is 16.6 Å². The van der Waals surface area contributed by atoms with Crippen LogP contribution in [0.3, 0.4) is 0 Å². The maximum Gasteiger partial charge on any atom is 0.134 e. The van der Waals surface area contributed by atoms with E-state index in [0.717, 1.165) is 22.3 Å². The highest BCUT2D eigenvalue weighted by molar-refractivity contribution is 5.95. The highest BCUT2D eigenvalue weighted by Gasteiger charge is 2.06. The van der Waals surface area contributed by atoms with Gasteiger partial charge in [0.2, 0.25) is 0 Å². The van der Waals surface area contributed by atoms with Crippen LogP contribution in [0.4, 0.5) is 5.82 Å². The van der Waals surface area contributed by atoms with E-state index in [2.05, 4.69) is 22.2 Å². The largest absolute Gasteiger partial charge is 0.496 e. The number of nitrogens with zero attached hydrogens (tertiary/aromatic N) is 2. The van der Waals surface area contributed by atoms with Crippen molar-refractivity contribution in [3.8, 4) is 5.75 Å². The second kappa shape index (κ2) is 5.79. The van der Waals surface area contributed by atoms with Crippen molar-refractivity contribution in [2.45, 2.75) is 13.5 Å². The van der Waals surface area contributed by atoms with E-state index in [1.54, 1.807) is 19.5 Å². The number of rotatable bonds is 4. The minimum Gasteiger partial charge on any atom is -0.496 e. The molecule has 0 saturated carbocycles. The van der Waals surface area contributed by atoms with E-state index < -0.39 is 0 Å². The first-order valence-corrected chi connectivity index (χ1v) is 6.84. The van der Waals surface area contributed by atoms with Crippen LogP contribution < -0.4 is 10.1 Å². The van der Waals surface area contributed by atoms with Crippen molar-refractivity contribution in [3.63, 3.8) is 0 Å². The Kier molecular flexibility index (Phi) is 3.69. The number of hydrogen-bond acceptors (Lipinski definition) is 4. The average molecular weight is 279 g/mol. The maximum absolute atomic E-state index is 5.40. The first kappa shape index (κ1) is 13.4. The number of benzene rings is 1. The minimum absolute atomic E-state index is 0.697. The highest BCUT2D eigenvalue weighted by atomic mass is 16.5. The molecule has 0 aliphatic rings. The van der Waals surface area contributed by atoms with Crippen LogP contribution in [-0.2, 0) is 6.54 Å². The van der Waals surface area contributed by atoms with Crippen LogP contribution in [0.15, 0.2) is 48.9 Å². The molecular weight excluding hydrogens is 262 g/mol. The summed E-state index contributed by atoms with van der Waals surface area (Å²) in [7, 11) is 1.68. The molecule has 0 bridgehead atoms. The maximum atomic E-state index is 5.40. The van der Waals surface area contributed by atoms with Crippen LogP contribution in [0.2, 0.25) is 0 Å². The van der Waals surface area contributed by atoms with Gasteiger partial charge >= 0.3 is 0 Å². The fourth-order valence-corrected chi connectivity index (χ4v) is 2.36. The molecule has 3 rings (SSSR count). The quantitative estimate of drug-likeness (QED) is 0.793. The number of aromatic nitrogens is 2. The van der Waals surface area contributed by atoms with Gasteiger partial charge in [-0.2, -0.15) is 0 Å². The number of hydrogen-bond donors (Lipinski definition) is 1. The summed E-state index contributed by atoms with van der Waals surface area (Å²) in [5.41, 5.74) is 2.38. The lowest BCUT2D eigenvalue weighted by molar-refractivity contribution is 0.420. The van der Waals surface area contributed by atoms with Crippen LogP contribution in [-0.4, -0.2) is 17.1 Å². The second-order valence-corrected chi connectivity index (χ2v) is 4.87. The molecule has 2 heterocycles. The molecule has 4 nitrogen and oxygen atoms in total. The summed E-state index contributed by atoms with van der Waals surface area (Å²) >= 11 is 0.